The lowest BCUT2D eigenvalue weighted by Gasteiger charge is -2.06. The molecule has 0 spiro atoms. The van der Waals surface area contributed by atoms with Crippen LogP contribution in [0.3, 0.4) is 0 Å². The Morgan fingerprint density at radius 2 is 1.80 bits per heavy atom. The van der Waals surface area contributed by atoms with E-state index in [-0.39, 0.29) is 11.3 Å². The molecular formula is C14H10NO4S-. The van der Waals surface area contributed by atoms with Crippen LogP contribution in [0.25, 0.3) is 0 Å². The molecule has 20 heavy (non-hydrogen) atoms. The van der Waals surface area contributed by atoms with E-state index in [0.717, 1.165) is 16.5 Å². The van der Waals surface area contributed by atoms with E-state index in [1.807, 2.05) is 31.2 Å². The van der Waals surface area contributed by atoms with Gasteiger partial charge in [0.2, 0.25) is 0 Å². The van der Waals surface area contributed by atoms with Crippen molar-refractivity contribution in [1.29, 1.82) is 0 Å². The van der Waals surface area contributed by atoms with Crippen LogP contribution in [0, 0.1) is 17.0 Å². The van der Waals surface area contributed by atoms with Gasteiger partial charge in [-0.05, 0) is 25.1 Å². The van der Waals surface area contributed by atoms with Gasteiger partial charge in [-0.15, -0.1) is 0 Å². The summed E-state index contributed by atoms with van der Waals surface area (Å²) in [5, 5.41) is 21.8. The highest BCUT2D eigenvalue weighted by Crippen LogP contribution is 2.35. The average Bonchev–Trinajstić information content (AvgIpc) is 2.41. The maximum Gasteiger partial charge on any atom is 0.283 e. The molecule has 2 aromatic rings. The summed E-state index contributed by atoms with van der Waals surface area (Å²) < 4.78 is 0. The first-order chi connectivity index (χ1) is 9.47. The number of nitro benzene ring substituents is 1. The molecule has 0 atom stereocenters. The van der Waals surface area contributed by atoms with Gasteiger partial charge >= 0.3 is 0 Å². The highest BCUT2D eigenvalue weighted by atomic mass is 32.2. The fraction of sp³-hybridized carbons (Fsp3) is 0.0714. The van der Waals surface area contributed by atoms with E-state index in [4.69, 9.17) is 0 Å². The van der Waals surface area contributed by atoms with Crippen LogP contribution < -0.4 is 5.11 Å². The number of hydrogen-bond donors (Lipinski definition) is 0. The van der Waals surface area contributed by atoms with Crippen LogP contribution in [0.15, 0.2) is 52.3 Å². The largest absolute Gasteiger partial charge is 0.545 e. The monoisotopic (exact) mass is 288 g/mol. The molecule has 0 saturated carbocycles. The van der Waals surface area contributed by atoms with Crippen molar-refractivity contribution < 1.29 is 14.8 Å². The first-order valence-corrected chi connectivity index (χ1v) is 6.53. The van der Waals surface area contributed by atoms with Crippen LogP contribution in [0.5, 0.6) is 0 Å². The molecule has 0 saturated heterocycles. The number of carboxylic acids is 1. The number of carboxylic acid groups (broad SMARTS) is 1. The minimum Gasteiger partial charge on any atom is -0.545 e. The van der Waals surface area contributed by atoms with Crippen LogP contribution >= 0.6 is 11.8 Å². The predicted octanol–water partition coefficient (Wildman–Crippen LogP) is 2.42. The van der Waals surface area contributed by atoms with E-state index in [1.165, 1.54) is 23.9 Å². The lowest BCUT2D eigenvalue weighted by atomic mass is 10.2. The summed E-state index contributed by atoms with van der Waals surface area (Å²) in [5.41, 5.74) is 0.651. The van der Waals surface area contributed by atoms with Crippen molar-refractivity contribution in [1.82, 2.24) is 0 Å². The van der Waals surface area contributed by atoms with Crippen molar-refractivity contribution in [3.8, 4) is 0 Å². The SMILES string of the molecule is Cc1ccc(Sc2ccc(C(=O)[O-])cc2[N+](=O)[O-])cc1. The van der Waals surface area contributed by atoms with Gasteiger partial charge in [0.05, 0.1) is 15.8 Å². The highest BCUT2D eigenvalue weighted by Gasteiger charge is 2.16. The summed E-state index contributed by atoms with van der Waals surface area (Å²) in [6.07, 6.45) is 0. The van der Waals surface area contributed by atoms with E-state index < -0.39 is 10.9 Å². The second kappa shape index (κ2) is 5.75. The summed E-state index contributed by atoms with van der Waals surface area (Å²) in [5.74, 6) is -1.43. The lowest BCUT2D eigenvalue weighted by molar-refractivity contribution is -0.387. The van der Waals surface area contributed by atoms with Crippen molar-refractivity contribution in [3.05, 3.63) is 63.7 Å². The molecule has 2 rings (SSSR count). The average molecular weight is 288 g/mol. The third kappa shape index (κ3) is 3.16. The predicted molar refractivity (Wildman–Crippen MR) is 72.7 cm³/mol. The van der Waals surface area contributed by atoms with Gasteiger partial charge in [-0.1, -0.05) is 35.5 Å². The van der Waals surface area contributed by atoms with Gasteiger partial charge in [-0.3, -0.25) is 10.1 Å². The van der Waals surface area contributed by atoms with Gasteiger partial charge in [-0.25, -0.2) is 0 Å². The summed E-state index contributed by atoms with van der Waals surface area (Å²) in [6.45, 7) is 1.95. The molecule has 0 bridgehead atoms. The molecule has 5 nitrogen and oxygen atoms in total. The quantitative estimate of drug-likeness (QED) is 0.637. The fourth-order valence-electron chi connectivity index (χ4n) is 1.61. The van der Waals surface area contributed by atoms with Crippen molar-refractivity contribution in [2.45, 2.75) is 16.7 Å². The molecule has 0 N–H and O–H groups in total. The number of nitrogens with zero attached hydrogens (tertiary/aromatic N) is 1. The highest BCUT2D eigenvalue weighted by molar-refractivity contribution is 7.99. The van der Waals surface area contributed by atoms with Gasteiger partial charge < -0.3 is 9.90 Å². The number of benzene rings is 2. The number of rotatable bonds is 4. The molecule has 0 fully saturated rings. The first-order valence-electron chi connectivity index (χ1n) is 5.71. The Labute approximate surface area is 119 Å². The molecular weight excluding hydrogens is 278 g/mol. The van der Waals surface area contributed by atoms with Crippen LogP contribution in [0.1, 0.15) is 15.9 Å². The second-order valence-corrected chi connectivity index (χ2v) is 5.26. The zero-order chi connectivity index (χ0) is 14.7. The van der Waals surface area contributed by atoms with Gasteiger partial charge in [0.1, 0.15) is 0 Å². The number of hydrogen-bond acceptors (Lipinski definition) is 5. The number of aromatic carboxylic acids is 1. The van der Waals surface area contributed by atoms with Gasteiger partial charge in [0.25, 0.3) is 5.69 Å². The fourth-order valence-corrected chi connectivity index (χ4v) is 2.51. The Bertz CT molecular complexity index is 667. The van der Waals surface area contributed by atoms with E-state index in [0.29, 0.717) is 4.90 Å². The summed E-state index contributed by atoms with van der Waals surface area (Å²) >= 11 is 1.22. The normalized spacial score (nSPS) is 10.2. The third-order valence-electron chi connectivity index (χ3n) is 2.64. The van der Waals surface area contributed by atoms with Gasteiger partial charge in [-0.2, -0.15) is 0 Å². The van der Waals surface area contributed by atoms with Crippen molar-refractivity contribution in [2.24, 2.45) is 0 Å². The van der Waals surface area contributed by atoms with E-state index in [2.05, 4.69) is 0 Å². The minimum absolute atomic E-state index is 0.204. The van der Waals surface area contributed by atoms with Crippen LogP contribution in [-0.2, 0) is 0 Å². The second-order valence-electron chi connectivity index (χ2n) is 4.14. The maximum absolute atomic E-state index is 11.0. The Morgan fingerprint density at radius 1 is 1.15 bits per heavy atom. The lowest BCUT2D eigenvalue weighted by Crippen LogP contribution is -2.22. The zero-order valence-electron chi connectivity index (χ0n) is 10.5. The van der Waals surface area contributed by atoms with E-state index in [9.17, 15) is 20.0 Å². The maximum atomic E-state index is 11.0. The molecule has 0 aliphatic heterocycles. The molecule has 0 amide bonds. The number of carbonyl (C=O) groups is 1. The van der Waals surface area contributed by atoms with E-state index >= 15 is 0 Å². The summed E-state index contributed by atoms with van der Waals surface area (Å²) in [6, 6.07) is 11.3. The topological polar surface area (TPSA) is 83.3 Å². The van der Waals surface area contributed by atoms with Crippen molar-refractivity contribution in [2.75, 3.05) is 0 Å². The molecule has 0 unspecified atom stereocenters. The Hall–Kier alpha value is -2.34. The van der Waals surface area contributed by atoms with Gasteiger partial charge in [0.15, 0.2) is 0 Å². The summed E-state index contributed by atoms with van der Waals surface area (Å²) in [4.78, 5) is 22.4. The first kappa shape index (κ1) is 14.1. The number of aryl methyl sites for hydroxylation is 1. The molecule has 0 aliphatic rings. The Balaban J connectivity index is 2.38. The molecule has 0 aliphatic carbocycles. The Kier molecular flexibility index (Phi) is 4.05. The van der Waals surface area contributed by atoms with Crippen LogP contribution in [-0.4, -0.2) is 10.9 Å². The third-order valence-corrected chi connectivity index (χ3v) is 3.71. The summed E-state index contributed by atoms with van der Waals surface area (Å²) in [7, 11) is 0. The molecule has 2 aromatic carbocycles. The molecule has 6 heteroatoms. The van der Waals surface area contributed by atoms with Crippen molar-refractivity contribution >= 4 is 23.4 Å². The van der Waals surface area contributed by atoms with Crippen molar-refractivity contribution in [3.63, 3.8) is 0 Å². The number of carbonyl (C=O) groups excluding carboxylic acids is 1. The van der Waals surface area contributed by atoms with Crippen LogP contribution in [0.2, 0.25) is 0 Å². The smallest absolute Gasteiger partial charge is 0.283 e. The number of nitro groups is 1. The molecule has 102 valence electrons. The standard InChI is InChI=1S/C14H11NO4S/c1-9-2-5-11(6-3-9)20-13-7-4-10(14(16)17)8-12(13)15(18)19/h2-8H,1H3,(H,16,17)/p-1. The van der Waals surface area contributed by atoms with Crippen LogP contribution in [0.4, 0.5) is 5.69 Å². The zero-order valence-corrected chi connectivity index (χ0v) is 11.3. The molecule has 0 aromatic heterocycles. The van der Waals surface area contributed by atoms with E-state index in [1.54, 1.807) is 0 Å². The Morgan fingerprint density at radius 3 is 2.35 bits per heavy atom. The minimum atomic E-state index is -1.43. The molecule has 0 radical (unpaired) electrons. The molecule has 0 heterocycles. The van der Waals surface area contributed by atoms with Gasteiger partial charge in [0, 0.05) is 16.5 Å².